The molecular formula is C22H23N3O3. The molecule has 0 saturated heterocycles. The Kier molecular flexibility index (Phi) is 4.71. The number of hydrogen-bond donors (Lipinski definition) is 0. The number of aryl methyl sites for hydroxylation is 2. The monoisotopic (exact) mass is 377 g/mol. The number of Topliss-reactive ketones (excluding diaryl/α,β-unsaturated/α-hetero) is 1. The predicted octanol–water partition coefficient (Wildman–Crippen LogP) is 3.93. The number of pyridine rings is 1. The van der Waals surface area contributed by atoms with E-state index in [9.17, 15) is 9.59 Å². The minimum atomic E-state index is -0.860. The molecule has 0 saturated carbocycles. The summed E-state index contributed by atoms with van der Waals surface area (Å²) in [6, 6.07) is 7.64. The summed E-state index contributed by atoms with van der Waals surface area (Å²) in [5.41, 5.74) is 4.15. The van der Waals surface area contributed by atoms with Crippen LogP contribution in [0.15, 0.2) is 36.7 Å². The first-order valence-electron chi connectivity index (χ1n) is 9.64. The molecule has 0 amide bonds. The van der Waals surface area contributed by atoms with Crippen molar-refractivity contribution in [3.05, 3.63) is 58.9 Å². The van der Waals surface area contributed by atoms with Crippen molar-refractivity contribution in [2.24, 2.45) is 0 Å². The lowest BCUT2D eigenvalue weighted by atomic mass is 10.0. The Balaban J connectivity index is 1.49. The number of hydrogen-bond acceptors (Lipinski definition) is 5. The number of ether oxygens (including phenoxy) is 1. The van der Waals surface area contributed by atoms with Gasteiger partial charge >= 0.3 is 5.97 Å². The van der Waals surface area contributed by atoms with E-state index < -0.39 is 12.1 Å². The number of ketones is 1. The van der Waals surface area contributed by atoms with Gasteiger partial charge in [-0.1, -0.05) is 12.1 Å². The molecule has 2 heterocycles. The molecule has 6 nitrogen and oxygen atoms in total. The van der Waals surface area contributed by atoms with Crippen molar-refractivity contribution >= 4 is 22.8 Å². The second-order valence-electron chi connectivity index (χ2n) is 7.57. The molecule has 0 N–H and O–H groups in total. The molecule has 0 spiro atoms. The van der Waals surface area contributed by atoms with E-state index in [-0.39, 0.29) is 11.8 Å². The topological polar surface area (TPSA) is 74.1 Å². The van der Waals surface area contributed by atoms with Gasteiger partial charge in [-0.2, -0.15) is 5.10 Å². The zero-order valence-electron chi connectivity index (χ0n) is 16.3. The smallest absolute Gasteiger partial charge is 0.340 e. The Morgan fingerprint density at radius 1 is 1.04 bits per heavy atom. The van der Waals surface area contributed by atoms with Crippen LogP contribution in [0.3, 0.4) is 0 Å². The summed E-state index contributed by atoms with van der Waals surface area (Å²) in [6.07, 6.45) is 5.48. The van der Waals surface area contributed by atoms with Crippen molar-refractivity contribution in [1.29, 1.82) is 0 Å². The van der Waals surface area contributed by atoms with E-state index in [2.05, 4.69) is 10.1 Å². The number of nitrogens with zero attached hydrogens (tertiary/aromatic N) is 3. The van der Waals surface area contributed by atoms with Crippen molar-refractivity contribution in [3.8, 4) is 0 Å². The number of benzene rings is 1. The average Bonchev–Trinajstić information content (AvgIpc) is 3.32. The lowest BCUT2D eigenvalue weighted by Gasteiger charge is -2.13. The number of carbonyl (C=O) groups excluding carboxylic acids is 2. The standard InChI is InChI=1S/C22H23N3O3/c1-13(2)25-21-18(12-24-25)10-19(11-23-21)22(27)28-14(3)20(26)17-8-7-15-5-4-6-16(15)9-17/h7-14H,4-6H2,1-3H3. The zero-order chi connectivity index (χ0) is 19.8. The zero-order valence-corrected chi connectivity index (χ0v) is 16.3. The summed E-state index contributed by atoms with van der Waals surface area (Å²) in [4.78, 5) is 29.6. The van der Waals surface area contributed by atoms with Crippen LogP contribution in [0.5, 0.6) is 0 Å². The number of carbonyl (C=O) groups is 2. The van der Waals surface area contributed by atoms with Crippen LogP contribution in [0.2, 0.25) is 0 Å². The molecule has 1 aliphatic rings. The van der Waals surface area contributed by atoms with E-state index in [0.717, 1.165) is 24.6 Å². The van der Waals surface area contributed by atoms with Gasteiger partial charge in [-0.15, -0.1) is 0 Å². The molecule has 1 atom stereocenters. The van der Waals surface area contributed by atoms with E-state index in [4.69, 9.17) is 4.74 Å². The van der Waals surface area contributed by atoms with Gasteiger partial charge in [0.15, 0.2) is 11.8 Å². The molecule has 6 heteroatoms. The SMILES string of the molecule is CC(OC(=O)c1cnc2c(cnn2C(C)C)c1)C(=O)c1ccc2c(c1)CCC2. The molecule has 2 aromatic heterocycles. The maximum atomic E-state index is 12.7. The average molecular weight is 377 g/mol. The van der Waals surface area contributed by atoms with E-state index >= 15 is 0 Å². The van der Waals surface area contributed by atoms with Gasteiger partial charge in [0.1, 0.15) is 0 Å². The fraction of sp³-hybridized carbons (Fsp3) is 0.364. The highest BCUT2D eigenvalue weighted by atomic mass is 16.5. The van der Waals surface area contributed by atoms with Gasteiger partial charge in [-0.25, -0.2) is 14.5 Å². The van der Waals surface area contributed by atoms with Crippen LogP contribution in [-0.4, -0.2) is 32.6 Å². The summed E-state index contributed by atoms with van der Waals surface area (Å²) in [5, 5.41) is 5.07. The third kappa shape index (κ3) is 3.30. The Morgan fingerprint density at radius 3 is 2.61 bits per heavy atom. The van der Waals surface area contributed by atoms with Crippen molar-refractivity contribution < 1.29 is 14.3 Å². The van der Waals surface area contributed by atoms with Crippen molar-refractivity contribution in [2.45, 2.75) is 52.2 Å². The molecule has 3 aromatic rings. The van der Waals surface area contributed by atoms with Gasteiger partial charge in [0.2, 0.25) is 5.78 Å². The molecule has 28 heavy (non-hydrogen) atoms. The summed E-state index contributed by atoms with van der Waals surface area (Å²) >= 11 is 0. The second kappa shape index (κ2) is 7.19. The van der Waals surface area contributed by atoms with Crippen LogP contribution >= 0.6 is 0 Å². The third-order valence-corrected chi connectivity index (χ3v) is 5.19. The van der Waals surface area contributed by atoms with Crippen LogP contribution < -0.4 is 0 Å². The highest BCUT2D eigenvalue weighted by Gasteiger charge is 2.23. The normalized spacial score (nSPS) is 14.3. The molecule has 144 valence electrons. The Bertz CT molecular complexity index is 1070. The van der Waals surface area contributed by atoms with Crippen LogP contribution in [0.4, 0.5) is 0 Å². The molecule has 0 fully saturated rings. The molecular weight excluding hydrogens is 354 g/mol. The Hall–Kier alpha value is -3.02. The van der Waals surface area contributed by atoms with Gasteiger partial charge in [0, 0.05) is 23.2 Å². The van der Waals surface area contributed by atoms with Crippen LogP contribution in [0, 0.1) is 0 Å². The van der Waals surface area contributed by atoms with Gasteiger partial charge in [-0.05, 0) is 63.3 Å². The van der Waals surface area contributed by atoms with Crippen LogP contribution in [0.25, 0.3) is 11.0 Å². The molecule has 0 radical (unpaired) electrons. The van der Waals surface area contributed by atoms with E-state index in [1.165, 1.54) is 17.3 Å². The first-order chi connectivity index (χ1) is 13.4. The fourth-order valence-corrected chi connectivity index (χ4v) is 3.67. The predicted molar refractivity (Wildman–Crippen MR) is 106 cm³/mol. The maximum absolute atomic E-state index is 12.7. The van der Waals surface area contributed by atoms with E-state index in [1.54, 1.807) is 23.9 Å². The van der Waals surface area contributed by atoms with Crippen molar-refractivity contribution in [3.63, 3.8) is 0 Å². The largest absolute Gasteiger partial charge is 0.451 e. The van der Waals surface area contributed by atoms with Gasteiger partial charge in [0.25, 0.3) is 0 Å². The van der Waals surface area contributed by atoms with Crippen LogP contribution in [-0.2, 0) is 17.6 Å². The first-order valence-corrected chi connectivity index (χ1v) is 9.64. The second-order valence-corrected chi connectivity index (χ2v) is 7.57. The maximum Gasteiger partial charge on any atom is 0.340 e. The molecule has 1 unspecified atom stereocenters. The van der Waals surface area contributed by atoms with Gasteiger partial charge < -0.3 is 4.74 Å². The highest BCUT2D eigenvalue weighted by Crippen LogP contribution is 2.24. The number of fused-ring (bicyclic) bond motifs is 2. The molecule has 0 aliphatic heterocycles. The van der Waals surface area contributed by atoms with Crippen molar-refractivity contribution in [2.75, 3.05) is 0 Å². The summed E-state index contributed by atoms with van der Waals surface area (Å²) in [6.45, 7) is 5.64. The fourth-order valence-electron chi connectivity index (χ4n) is 3.67. The number of aromatic nitrogens is 3. The van der Waals surface area contributed by atoms with E-state index in [1.807, 2.05) is 32.0 Å². The summed E-state index contributed by atoms with van der Waals surface area (Å²) in [7, 11) is 0. The van der Waals surface area contributed by atoms with E-state index in [0.29, 0.717) is 16.8 Å². The highest BCUT2D eigenvalue weighted by molar-refractivity contribution is 6.02. The van der Waals surface area contributed by atoms with Gasteiger partial charge in [-0.3, -0.25) is 4.79 Å². The van der Waals surface area contributed by atoms with Gasteiger partial charge in [0.05, 0.1) is 11.8 Å². The summed E-state index contributed by atoms with van der Waals surface area (Å²) < 4.78 is 7.22. The lowest BCUT2D eigenvalue weighted by molar-refractivity contribution is 0.0318. The minimum absolute atomic E-state index is 0.174. The lowest BCUT2D eigenvalue weighted by Crippen LogP contribution is -2.24. The number of rotatable bonds is 5. The molecule has 4 rings (SSSR count). The minimum Gasteiger partial charge on any atom is -0.451 e. The van der Waals surface area contributed by atoms with Crippen LogP contribution in [0.1, 0.15) is 65.1 Å². The first kappa shape index (κ1) is 18.3. The Labute approximate surface area is 163 Å². The summed E-state index contributed by atoms with van der Waals surface area (Å²) in [5.74, 6) is -0.751. The van der Waals surface area contributed by atoms with Crippen molar-refractivity contribution in [1.82, 2.24) is 14.8 Å². The third-order valence-electron chi connectivity index (χ3n) is 5.19. The molecule has 1 aromatic carbocycles. The molecule has 1 aliphatic carbocycles. The molecule has 0 bridgehead atoms. The quantitative estimate of drug-likeness (QED) is 0.497. The number of esters is 1. The Morgan fingerprint density at radius 2 is 1.82 bits per heavy atom.